The Kier molecular flexibility index (Phi) is 3.85. The summed E-state index contributed by atoms with van der Waals surface area (Å²) in [5, 5.41) is 19.0. The van der Waals surface area contributed by atoms with Gasteiger partial charge in [-0.2, -0.15) is 10.4 Å². The Morgan fingerprint density at radius 2 is 2.31 bits per heavy atom. The first-order valence-corrected chi connectivity index (χ1v) is 4.56. The van der Waals surface area contributed by atoms with Crippen LogP contribution in [0.2, 0.25) is 0 Å². The Morgan fingerprint density at radius 1 is 1.62 bits per heavy atom. The van der Waals surface area contributed by atoms with Gasteiger partial charge in [0.15, 0.2) is 5.84 Å². The van der Waals surface area contributed by atoms with Gasteiger partial charge in [-0.25, -0.2) is 4.39 Å². The molecule has 0 aliphatic carbocycles. The highest BCUT2D eigenvalue weighted by molar-refractivity contribution is 7.80. The fraction of sp³-hybridized carbons (Fsp3) is 0. The topological polar surface area (TPSA) is 98.0 Å². The quantitative estimate of drug-likeness (QED) is 0.276. The molecule has 0 fully saturated rings. The molecule has 0 aromatic heterocycles. The summed E-state index contributed by atoms with van der Waals surface area (Å²) in [5.74, 6) is -1.04. The number of thiol groups is 1. The SMILES string of the molecule is N#C/C(=N\Nc1ccc(S)cc1F)C(=N)N. The van der Waals surface area contributed by atoms with E-state index in [2.05, 4.69) is 23.2 Å². The Morgan fingerprint density at radius 3 is 2.81 bits per heavy atom. The lowest BCUT2D eigenvalue weighted by Crippen LogP contribution is -2.21. The van der Waals surface area contributed by atoms with Crippen LogP contribution in [0.15, 0.2) is 28.2 Å². The number of anilines is 1. The molecule has 0 atom stereocenters. The maximum absolute atomic E-state index is 13.3. The lowest BCUT2D eigenvalue weighted by molar-refractivity contribution is 0.627. The second-order valence-electron chi connectivity index (χ2n) is 2.76. The molecule has 0 heterocycles. The first kappa shape index (κ1) is 12.0. The van der Waals surface area contributed by atoms with E-state index in [-0.39, 0.29) is 11.4 Å². The van der Waals surface area contributed by atoms with Crippen molar-refractivity contribution in [2.75, 3.05) is 5.43 Å². The number of hydrazone groups is 1. The average Bonchev–Trinajstić information content (AvgIpc) is 2.21. The minimum atomic E-state index is -0.558. The lowest BCUT2D eigenvalue weighted by Gasteiger charge is -2.03. The van der Waals surface area contributed by atoms with Crippen LogP contribution < -0.4 is 11.2 Å². The van der Waals surface area contributed by atoms with Crippen molar-refractivity contribution in [3.63, 3.8) is 0 Å². The smallest absolute Gasteiger partial charge is 0.201 e. The van der Waals surface area contributed by atoms with E-state index < -0.39 is 11.7 Å². The van der Waals surface area contributed by atoms with Gasteiger partial charge < -0.3 is 5.73 Å². The fourth-order valence-electron chi connectivity index (χ4n) is 0.856. The van der Waals surface area contributed by atoms with Gasteiger partial charge in [-0.15, -0.1) is 12.6 Å². The van der Waals surface area contributed by atoms with Gasteiger partial charge in [-0.1, -0.05) is 0 Å². The zero-order chi connectivity index (χ0) is 12.1. The molecular weight excluding hydrogens is 229 g/mol. The predicted octanol–water partition coefficient (Wildman–Crippen LogP) is 1.34. The van der Waals surface area contributed by atoms with Crippen molar-refractivity contribution in [3.05, 3.63) is 24.0 Å². The molecule has 5 nitrogen and oxygen atoms in total. The summed E-state index contributed by atoms with van der Waals surface area (Å²) in [5.41, 5.74) is 7.13. The molecule has 0 aliphatic heterocycles. The maximum Gasteiger partial charge on any atom is 0.201 e. The van der Waals surface area contributed by atoms with Crippen molar-refractivity contribution in [1.29, 1.82) is 10.7 Å². The number of nitrogens with zero attached hydrogens (tertiary/aromatic N) is 2. The summed E-state index contributed by atoms with van der Waals surface area (Å²) >= 11 is 3.95. The fourth-order valence-corrected chi connectivity index (χ4v) is 1.04. The summed E-state index contributed by atoms with van der Waals surface area (Å²) in [6, 6.07) is 5.77. The molecule has 0 bridgehead atoms. The molecule has 0 radical (unpaired) electrons. The van der Waals surface area contributed by atoms with Crippen LogP contribution in [0.1, 0.15) is 0 Å². The Hall–Kier alpha value is -2.07. The van der Waals surface area contributed by atoms with Crippen LogP contribution in [0, 0.1) is 22.6 Å². The van der Waals surface area contributed by atoms with Gasteiger partial charge >= 0.3 is 0 Å². The maximum atomic E-state index is 13.3. The van der Waals surface area contributed by atoms with E-state index >= 15 is 0 Å². The number of hydrogen-bond acceptors (Lipinski definition) is 5. The molecule has 0 saturated carbocycles. The number of amidine groups is 1. The minimum absolute atomic E-state index is 0.0757. The molecule has 1 aromatic carbocycles. The summed E-state index contributed by atoms with van der Waals surface area (Å²) in [6.45, 7) is 0. The molecule has 0 amide bonds. The summed E-state index contributed by atoms with van der Waals surface area (Å²) in [6.07, 6.45) is 0. The Labute approximate surface area is 96.7 Å². The van der Waals surface area contributed by atoms with Crippen molar-refractivity contribution in [2.24, 2.45) is 10.8 Å². The Balaban J connectivity index is 2.90. The normalized spacial score (nSPS) is 10.7. The van der Waals surface area contributed by atoms with Crippen molar-refractivity contribution < 1.29 is 4.39 Å². The number of benzene rings is 1. The standard InChI is InChI=1S/C9H8FN5S/c10-6-3-5(16)1-2-7(6)14-15-8(4-11)9(12)13/h1-3,14,16H,(H3,12,13)/b15-8+. The third-order valence-corrected chi connectivity index (χ3v) is 1.88. The van der Waals surface area contributed by atoms with Gasteiger partial charge in [0.1, 0.15) is 11.9 Å². The number of nitrogens with two attached hydrogens (primary N) is 1. The average molecular weight is 237 g/mol. The largest absolute Gasteiger partial charge is 0.382 e. The molecule has 1 aromatic rings. The van der Waals surface area contributed by atoms with E-state index in [0.717, 1.165) is 0 Å². The van der Waals surface area contributed by atoms with Crippen LogP contribution in [-0.2, 0) is 0 Å². The number of nitriles is 1. The molecule has 0 unspecified atom stereocenters. The van der Waals surface area contributed by atoms with Crippen molar-refractivity contribution in [3.8, 4) is 6.07 Å². The van der Waals surface area contributed by atoms with Gasteiger partial charge in [0.05, 0.1) is 5.69 Å². The molecule has 7 heteroatoms. The van der Waals surface area contributed by atoms with Gasteiger partial charge in [-0.05, 0) is 18.2 Å². The van der Waals surface area contributed by atoms with Crippen LogP contribution in [0.4, 0.5) is 10.1 Å². The van der Waals surface area contributed by atoms with E-state index in [1.165, 1.54) is 12.1 Å². The zero-order valence-electron chi connectivity index (χ0n) is 8.03. The minimum Gasteiger partial charge on any atom is -0.382 e. The number of rotatable bonds is 3. The number of halogens is 1. The van der Waals surface area contributed by atoms with Gasteiger partial charge in [-0.3, -0.25) is 10.8 Å². The van der Waals surface area contributed by atoms with Crippen LogP contribution in [0.25, 0.3) is 0 Å². The van der Waals surface area contributed by atoms with E-state index in [1.807, 2.05) is 0 Å². The second kappa shape index (κ2) is 5.14. The second-order valence-corrected chi connectivity index (χ2v) is 3.28. The highest BCUT2D eigenvalue weighted by atomic mass is 32.1. The van der Waals surface area contributed by atoms with E-state index in [1.54, 1.807) is 12.1 Å². The first-order valence-electron chi connectivity index (χ1n) is 4.11. The molecule has 82 valence electrons. The molecular formula is C9H8FN5S. The lowest BCUT2D eigenvalue weighted by atomic mass is 10.3. The molecule has 0 spiro atoms. The van der Waals surface area contributed by atoms with Crippen molar-refractivity contribution >= 4 is 29.9 Å². The van der Waals surface area contributed by atoms with Gasteiger partial charge in [0.2, 0.25) is 5.71 Å². The van der Waals surface area contributed by atoms with E-state index in [9.17, 15) is 4.39 Å². The van der Waals surface area contributed by atoms with Gasteiger partial charge in [0, 0.05) is 4.90 Å². The summed E-state index contributed by atoms with van der Waals surface area (Å²) in [4.78, 5) is 0.471. The molecule has 0 aliphatic rings. The monoisotopic (exact) mass is 237 g/mol. The Bertz CT molecular complexity index is 491. The molecule has 1 rings (SSSR count). The van der Waals surface area contributed by atoms with E-state index in [4.69, 9.17) is 16.4 Å². The summed E-state index contributed by atoms with van der Waals surface area (Å²) in [7, 11) is 0. The summed E-state index contributed by atoms with van der Waals surface area (Å²) < 4.78 is 13.3. The van der Waals surface area contributed by atoms with Crippen LogP contribution in [0.5, 0.6) is 0 Å². The van der Waals surface area contributed by atoms with Crippen LogP contribution >= 0.6 is 12.6 Å². The number of nitrogens with one attached hydrogen (secondary N) is 2. The molecule has 4 N–H and O–H groups in total. The third kappa shape index (κ3) is 2.96. The van der Waals surface area contributed by atoms with Gasteiger partial charge in [0.25, 0.3) is 0 Å². The third-order valence-electron chi connectivity index (χ3n) is 1.60. The molecule has 0 saturated heterocycles. The highest BCUT2D eigenvalue weighted by Crippen LogP contribution is 2.17. The number of hydrogen-bond donors (Lipinski definition) is 4. The van der Waals surface area contributed by atoms with Crippen LogP contribution in [-0.4, -0.2) is 11.5 Å². The zero-order valence-corrected chi connectivity index (χ0v) is 8.92. The van der Waals surface area contributed by atoms with Crippen LogP contribution in [0.3, 0.4) is 0 Å². The predicted molar refractivity (Wildman–Crippen MR) is 62.2 cm³/mol. The first-order chi connectivity index (χ1) is 7.54. The van der Waals surface area contributed by atoms with Crippen molar-refractivity contribution in [2.45, 2.75) is 4.90 Å². The van der Waals surface area contributed by atoms with E-state index in [0.29, 0.717) is 4.90 Å². The highest BCUT2D eigenvalue weighted by Gasteiger charge is 2.04. The van der Waals surface area contributed by atoms with Crippen molar-refractivity contribution in [1.82, 2.24) is 0 Å². The molecule has 16 heavy (non-hydrogen) atoms.